The van der Waals surface area contributed by atoms with E-state index in [-0.39, 0.29) is 17.4 Å². The van der Waals surface area contributed by atoms with E-state index in [9.17, 15) is 13.2 Å². The smallest absolute Gasteiger partial charge is 0.222 e. The molecule has 0 aromatic carbocycles. The monoisotopic (exact) mass is 304 g/mol. The van der Waals surface area contributed by atoms with Gasteiger partial charge in [-0.2, -0.15) is 0 Å². The molecule has 20 heavy (non-hydrogen) atoms. The molecule has 0 spiro atoms. The summed E-state index contributed by atoms with van der Waals surface area (Å²) in [5, 5.41) is 0. The van der Waals surface area contributed by atoms with Crippen LogP contribution in [-0.4, -0.2) is 50.4 Å². The largest absolute Gasteiger partial charge is 0.342 e. The van der Waals surface area contributed by atoms with Crippen LogP contribution in [-0.2, 0) is 14.6 Å². The Morgan fingerprint density at radius 2 is 1.90 bits per heavy atom. The summed E-state index contributed by atoms with van der Waals surface area (Å²) in [6.07, 6.45) is 2.85. The Morgan fingerprint density at radius 1 is 1.20 bits per heavy atom. The molecule has 1 amide bonds. The zero-order valence-corrected chi connectivity index (χ0v) is 13.5. The first-order valence-electron chi connectivity index (χ1n) is 7.54. The van der Waals surface area contributed by atoms with Gasteiger partial charge in [0.25, 0.3) is 0 Å². The van der Waals surface area contributed by atoms with E-state index in [4.69, 9.17) is 5.73 Å². The van der Waals surface area contributed by atoms with Crippen molar-refractivity contribution in [1.29, 1.82) is 0 Å². The fourth-order valence-electron chi connectivity index (χ4n) is 2.68. The molecule has 0 aromatic heterocycles. The molecule has 6 heteroatoms. The van der Waals surface area contributed by atoms with E-state index >= 15 is 0 Å². The average molecular weight is 304 g/mol. The fraction of sp³-hybridized carbons (Fsp3) is 0.929. The molecule has 1 fully saturated rings. The van der Waals surface area contributed by atoms with Crippen molar-refractivity contribution in [3.63, 3.8) is 0 Å². The second-order valence-electron chi connectivity index (χ2n) is 6.01. The van der Waals surface area contributed by atoms with Gasteiger partial charge in [0.2, 0.25) is 5.91 Å². The summed E-state index contributed by atoms with van der Waals surface area (Å²) in [5.41, 5.74) is 5.60. The third kappa shape index (κ3) is 5.79. The van der Waals surface area contributed by atoms with Gasteiger partial charge in [0.15, 0.2) is 9.84 Å². The van der Waals surface area contributed by atoms with Crippen LogP contribution in [0.25, 0.3) is 0 Å². The van der Waals surface area contributed by atoms with Crippen LogP contribution in [0.5, 0.6) is 0 Å². The maximum absolute atomic E-state index is 12.2. The summed E-state index contributed by atoms with van der Waals surface area (Å²) in [7, 11) is -2.95. The minimum absolute atomic E-state index is 0.0878. The van der Waals surface area contributed by atoms with E-state index in [1.54, 1.807) is 4.90 Å². The Labute approximate surface area is 122 Å². The minimum Gasteiger partial charge on any atom is -0.342 e. The summed E-state index contributed by atoms with van der Waals surface area (Å²) >= 11 is 0. The zero-order chi connectivity index (χ0) is 15.2. The second kappa shape index (κ2) is 7.98. The molecule has 2 N–H and O–H groups in total. The normalized spacial score (nSPS) is 20.7. The molecule has 1 unspecified atom stereocenters. The van der Waals surface area contributed by atoms with Gasteiger partial charge in [-0.25, -0.2) is 8.42 Å². The first-order valence-corrected chi connectivity index (χ1v) is 9.36. The number of hydrogen-bond donors (Lipinski definition) is 1. The molecule has 0 saturated carbocycles. The van der Waals surface area contributed by atoms with Gasteiger partial charge in [-0.1, -0.05) is 13.8 Å². The second-order valence-corrected chi connectivity index (χ2v) is 8.31. The fourth-order valence-corrected chi connectivity index (χ4v) is 3.95. The number of amides is 1. The summed E-state index contributed by atoms with van der Waals surface area (Å²) < 4.78 is 23.1. The van der Waals surface area contributed by atoms with Crippen LogP contribution in [0.2, 0.25) is 0 Å². The molecule has 1 rings (SSSR count). The predicted molar refractivity (Wildman–Crippen MR) is 81.1 cm³/mol. The lowest BCUT2D eigenvalue weighted by Gasteiger charge is -2.23. The number of sulfone groups is 1. The van der Waals surface area contributed by atoms with Crippen LogP contribution in [0.1, 0.15) is 39.5 Å². The van der Waals surface area contributed by atoms with Crippen molar-refractivity contribution in [2.24, 2.45) is 17.6 Å². The van der Waals surface area contributed by atoms with Gasteiger partial charge in [0.1, 0.15) is 0 Å². The Hall–Kier alpha value is -0.620. The van der Waals surface area contributed by atoms with Crippen molar-refractivity contribution >= 4 is 15.7 Å². The summed E-state index contributed by atoms with van der Waals surface area (Å²) in [5.74, 6) is 1.40. The van der Waals surface area contributed by atoms with Gasteiger partial charge in [0, 0.05) is 19.5 Å². The lowest BCUT2D eigenvalue weighted by atomic mass is 9.88. The van der Waals surface area contributed by atoms with E-state index in [0.29, 0.717) is 44.3 Å². The number of carbonyl (C=O) groups is 1. The van der Waals surface area contributed by atoms with E-state index in [0.717, 1.165) is 12.8 Å². The van der Waals surface area contributed by atoms with Crippen LogP contribution in [0, 0.1) is 11.8 Å². The molecule has 0 aromatic rings. The van der Waals surface area contributed by atoms with Crippen molar-refractivity contribution in [3.8, 4) is 0 Å². The van der Waals surface area contributed by atoms with Gasteiger partial charge in [-0.3, -0.25) is 4.79 Å². The predicted octanol–water partition coefficient (Wildman–Crippen LogP) is 1.03. The summed E-state index contributed by atoms with van der Waals surface area (Å²) in [4.78, 5) is 13.9. The van der Waals surface area contributed by atoms with E-state index in [1.165, 1.54) is 0 Å². The van der Waals surface area contributed by atoms with Gasteiger partial charge >= 0.3 is 0 Å². The number of nitrogens with zero attached hydrogens (tertiary/aromatic N) is 1. The molecule has 1 atom stereocenters. The lowest BCUT2D eigenvalue weighted by molar-refractivity contribution is -0.131. The molecule has 0 radical (unpaired) electrons. The Balaban J connectivity index is 2.45. The number of nitrogens with two attached hydrogens (primary N) is 1. The molecule has 1 aliphatic heterocycles. The topological polar surface area (TPSA) is 80.5 Å². The van der Waals surface area contributed by atoms with Crippen molar-refractivity contribution in [3.05, 3.63) is 0 Å². The highest BCUT2D eigenvalue weighted by atomic mass is 32.2. The highest BCUT2D eigenvalue weighted by Gasteiger charge is 2.23. The van der Waals surface area contributed by atoms with Crippen molar-refractivity contribution in [1.82, 2.24) is 4.90 Å². The third-order valence-electron chi connectivity index (χ3n) is 4.12. The number of rotatable bonds is 6. The van der Waals surface area contributed by atoms with Crippen LogP contribution in [0.4, 0.5) is 0 Å². The molecule has 5 nitrogen and oxygen atoms in total. The first-order chi connectivity index (χ1) is 9.35. The van der Waals surface area contributed by atoms with Crippen LogP contribution in [0.15, 0.2) is 0 Å². The van der Waals surface area contributed by atoms with Gasteiger partial charge in [-0.05, 0) is 37.6 Å². The molecule has 0 bridgehead atoms. The molecular weight excluding hydrogens is 276 g/mol. The summed E-state index contributed by atoms with van der Waals surface area (Å²) in [6, 6.07) is 0. The van der Waals surface area contributed by atoms with Crippen LogP contribution >= 0.6 is 0 Å². The summed E-state index contributed by atoms with van der Waals surface area (Å²) in [6.45, 7) is 5.89. The van der Waals surface area contributed by atoms with E-state index < -0.39 is 9.84 Å². The van der Waals surface area contributed by atoms with Gasteiger partial charge in [0.05, 0.1) is 11.5 Å². The Kier molecular flexibility index (Phi) is 6.95. The van der Waals surface area contributed by atoms with E-state index in [2.05, 4.69) is 13.8 Å². The van der Waals surface area contributed by atoms with E-state index in [1.807, 2.05) is 0 Å². The number of carbonyl (C=O) groups excluding carboxylic acids is 1. The average Bonchev–Trinajstić information content (AvgIpc) is 2.54. The third-order valence-corrected chi connectivity index (χ3v) is 5.83. The highest BCUT2D eigenvalue weighted by Crippen LogP contribution is 2.21. The molecule has 1 heterocycles. The highest BCUT2D eigenvalue weighted by molar-refractivity contribution is 7.91. The zero-order valence-electron chi connectivity index (χ0n) is 12.7. The van der Waals surface area contributed by atoms with Crippen LogP contribution in [0.3, 0.4) is 0 Å². The molecular formula is C14H28N2O3S. The first kappa shape index (κ1) is 17.4. The van der Waals surface area contributed by atoms with Crippen molar-refractivity contribution < 1.29 is 13.2 Å². The molecule has 1 aliphatic rings. The SMILES string of the molecule is CC(C)C(CCN)CCC(=O)N1CCCS(=O)(=O)CC1. The van der Waals surface area contributed by atoms with Crippen molar-refractivity contribution in [2.45, 2.75) is 39.5 Å². The van der Waals surface area contributed by atoms with Gasteiger partial charge in [-0.15, -0.1) is 0 Å². The Bertz CT molecular complexity index is 407. The lowest BCUT2D eigenvalue weighted by Crippen LogP contribution is -2.34. The van der Waals surface area contributed by atoms with Gasteiger partial charge < -0.3 is 10.6 Å². The molecule has 1 saturated heterocycles. The molecule has 0 aliphatic carbocycles. The maximum atomic E-state index is 12.2. The quantitative estimate of drug-likeness (QED) is 0.795. The maximum Gasteiger partial charge on any atom is 0.222 e. The minimum atomic E-state index is -2.95. The standard InChI is InChI=1S/C14H28N2O3S/c1-12(2)13(6-7-15)4-5-14(17)16-8-3-10-20(18,19)11-9-16/h12-13H,3-11,15H2,1-2H3. The Morgan fingerprint density at radius 3 is 2.50 bits per heavy atom. The molecule has 118 valence electrons. The van der Waals surface area contributed by atoms with Crippen molar-refractivity contribution in [2.75, 3.05) is 31.1 Å². The number of hydrogen-bond acceptors (Lipinski definition) is 4. The van der Waals surface area contributed by atoms with Crippen LogP contribution < -0.4 is 5.73 Å².